The summed E-state index contributed by atoms with van der Waals surface area (Å²) < 4.78 is 28.2. The molecule has 0 spiro atoms. The number of nitrogens with one attached hydrogen (secondary N) is 7. The first-order chi connectivity index (χ1) is 38.3. The second kappa shape index (κ2) is 23.3. The number of cyclic esters (lactones) is 1. The lowest BCUT2D eigenvalue weighted by Crippen LogP contribution is -2.56. The van der Waals surface area contributed by atoms with Gasteiger partial charge in [0, 0.05) is 47.7 Å². The molecule has 420 valence electrons. The van der Waals surface area contributed by atoms with Crippen LogP contribution in [0.1, 0.15) is 77.6 Å². The Morgan fingerprint density at radius 1 is 0.850 bits per heavy atom. The Bertz CT molecular complexity index is 3350. The first-order valence-corrected chi connectivity index (χ1v) is 25.9. The summed E-state index contributed by atoms with van der Waals surface area (Å²) in [6, 6.07) is 8.06. The summed E-state index contributed by atoms with van der Waals surface area (Å²) in [7, 11) is 0. The number of aryl methyl sites for hydroxylation is 1. The summed E-state index contributed by atoms with van der Waals surface area (Å²) in [5, 5.41) is 38.7. The van der Waals surface area contributed by atoms with Crippen molar-refractivity contribution >= 4 is 70.1 Å². The van der Waals surface area contributed by atoms with Crippen molar-refractivity contribution in [2.75, 3.05) is 39.5 Å². The molecule has 80 heavy (non-hydrogen) atoms. The van der Waals surface area contributed by atoms with Crippen LogP contribution < -0.4 is 42.8 Å². The lowest BCUT2D eigenvalue weighted by atomic mass is 9.81. The minimum absolute atomic E-state index is 0.0312. The Labute approximate surface area is 454 Å². The summed E-state index contributed by atoms with van der Waals surface area (Å²) >= 11 is 0. The number of pyridine rings is 2. The fourth-order valence-electron chi connectivity index (χ4n) is 10.5. The predicted octanol–water partition coefficient (Wildman–Crippen LogP) is -1.46. The molecule has 0 bridgehead atoms. The fraction of sp³-hybridized carbons (Fsp3) is 0.407. The molecule has 5 aliphatic rings. The van der Waals surface area contributed by atoms with Crippen molar-refractivity contribution in [1.29, 1.82) is 0 Å². The van der Waals surface area contributed by atoms with E-state index in [2.05, 4.69) is 37.2 Å². The van der Waals surface area contributed by atoms with Gasteiger partial charge in [-0.1, -0.05) is 37.3 Å². The predicted molar refractivity (Wildman–Crippen MR) is 275 cm³/mol. The van der Waals surface area contributed by atoms with Crippen LogP contribution in [0.25, 0.3) is 22.3 Å². The molecule has 2 aliphatic carbocycles. The molecule has 9 rings (SSSR count). The van der Waals surface area contributed by atoms with Gasteiger partial charge in [0.15, 0.2) is 5.60 Å². The van der Waals surface area contributed by atoms with E-state index in [-0.39, 0.29) is 43.0 Å². The van der Waals surface area contributed by atoms with Crippen LogP contribution in [0, 0.1) is 18.7 Å². The number of hydrogen-bond donors (Lipinski definition) is 9. The van der Waals surface area contributed by atoms with Gasteiger partial charge in [-0.15, -0.1) is 0 Å². The zero-order valence-electron chi connectivity index (χ0n) is 43.4. The van der Waals surface area contributed by atoms with Crippen molar-refractivity contribution in [3.05, 3.63) is 110 Å². The second-order valence-corrected chi connectivity index (χ2v) is 20.0. The zero-order valence-corrected chi connectivity index (χ0v) is 43.4. The number of nitrogens with zero attached hydrogens (tertiary/aromatic N) is 3. The van der Waals surface area contributed by atoms with Gasteiger partial charge < -0.3 is 61.5 Å². The van der Waals surface area contributed by atoms with E-state index in [1.807, 2.05) is 0 Å². The van der Waals surface area contributed by atoms with Gasteiger partial charge in [0.1, 0.15) is 37.3 Å². The molecule has 8 amide bonds. The van der Waals surface area contributed by atoms with Crippen molar-refractivity contribution in [3.8, 4) is 11.4 Å². The number of aliphatic hydroxyl groups is 1. The van der Waals surface area contributed by atoms with Crippen LogP contribution in [0.5, 0.6) is 0 Å². The van der Waals surface area contributed by atoms with Crippen LogP contribution >= 0.6 is 0 Å². The Kier molecular flexibility index (Phi) is 16.3. The number of carbonyl (C=O) groups excluding carboxylic acids is 9. The highest BCUT2D eigenvalue weighted by atomic mass is 19.1. The molecule has 0 unspecified atom stereocenters. The smallest absolute Gasteiger partial charge is 0.343 e. The highest BCUT2D eigenvalue weighted by molar-refractivity contribution is 6.15. The van der Waals surface area contributed by atoms with Crippen molar-refractivity contribution in [2.45, 2.75) is 95.4 Å². The SMILES string of the molecule is CC[C@@]1(O)C(=O)OCc2c1cc1n(c2=O)Cc2c-1nc1cc(F)c(C)c3c1c2[C@@H](NC(=O)[C@H](OCNC(=O)CNC(=O)[C@H](Cc1ccccc1)NC(=O)CNC(=O)CNC(=O)[C@@H](CNCC(=O)O)N1C(=O)C=CC1=O)C1CC1)CC3. The van der Waals surface area contributed by atoms with E-state index in [9.17, 15) is 57.8 Å². The van der Waals surface area contributed by atoms with Crippen molar-refractivity contribution in [1.82, 2.24) is 51.7 Å². The molecule has 5 atom stereocenters. The number of halogens is 1. The van der Waals surface area contributed by atoms with Crippen LogP contribution in [0.2, 0.25) is 0 Å². The van der Waals surface area contributed by atoms with Gasteiger partial charge >= 0.3 is 11.9 Å². The molecule has 4 aromatic rings. The summed E-state index contributed by atoms with van der Waals surface area (Å²) in [5.74, 6) is -9.04. The minimum atomic E-state index is -2.07. The molecule has 1 fully saturated rings. The Morgan fingerprint density at radius 2 is 1.54 bits per heavy atom. The molecule has 3 aliphatic heterocycles. The lowest BCUT2D eigenvalue weighted by molar-refractivity contribution is -0.172. The van der Waals surface area contributed by atoms with Crippen LogP contribution in [0.15, 0.2) is 59.4 Å². The number of aliphatic carboxylic acids is 1. The number of hydrogen-bond acceptors (Lipinski definition) is 16. The number of carbonyl (C=O) groups is 10. The van der Waals surface area contributed by atoms with Crippen LogP contribution in [-0.4, -0.2) is 142 Å². The number of amides is 8. The average molecular weight is 1110 g/mol. The Morgan fingerprint density at radius 3 is 2.23 bits per heavy atom. The standard InChI is InChI=1S/C54H57FN10O15/c1-3-54(78)32-16-37-47-30(23-64(37)52(76)31(32)24-79-53(54)77)46-34(12-11-29-26(2)33(55)17-35(62-47)45(29)46)63-51(75)48(28-9-10-28)80-25-60-40(67)20-58-49(73)36(15-27-7-5-4-6-8-27)61-41(68)21-57-39(66)19-59-50(74)38(18-56-22-44(71)72)65-42(69)13-14-43(65)70/h4-8,13-14,16-17,28,34,36,38,48,56,78H,3,9-12,15,18-25H2,1-2H3,(H,57,66)(H,58,73)(H,59,74)(H,60,67)(H,61,68)(H,63,75)(H,71,72)/t34-,36-,38+,48+,54-/m0/s1. The van der Waals surface area contributed by atoms with Crippen molar-refractivity contribution in [2.24, 2.45) is 5.92 Å². The summed E-state index contributed by atoms with van der Waals surface area (Å²) in [6.45, 7) is -0.424. The molecule has 0 radical (unpaired) electrons. The third kappa shape index (κ3) is 11.5. The van der Waals surface area contributed by atoms with E-state index in [0.29, 0.717) is 75.1 Å². The number of aromatic nitrogens is 2. The zero-order chi connectivity index (χ0) is 57.2. The number of fused-ring (bicyclic) bond motifs is 5. The molecule has 2 aromatic carbocycles. The molecular formula is C54H57FN10O15. The molecule has 9 N–H and O–H groups in total. The van der Waals surface area contributed by atoms with Crippen molar-refractivity contribution in [3.63, 3.8) is 0 Å². The number of carboxylic acid groups (broad SMARTS) is 1. The molecular weight excluding hydrogens is 1050 g/mol. The number of rotatable bonds is 23. The quantitative estimate of drug-likeness (QED) is 0.0205. The minimum Gasteiger partial charge on any atom is -0.480 e. The summed E-state index contributed by atoms with van der Waals surface area (Å²) in [4.78, 5) is 148. The van der Waals surface area contributed by atoms with E-state index in [4.69, 9.17) is 19.6 Å². The van der Waals surface area contributed by atoms with Gasteiger partial charge in [-0.2, -0.15) is 0 Å². The van der Waals surface area contributed by atoms with Gasteiger partial charge in [-0.05, 0) is 73.3 Å². The van der Waals surface area contributed by atoms with Gasteiger partial charge in [0.05, 0.1) is 61.2 Å². The monoisotopic (exact) mass is 1100 g/mol. The van der Waals surface area contributed by atoms with E-state index < -0.39 is 140 Å². The first-order valence-electron chi connectivity index (χ1n) is 25.9. The first kappa shape index (κ1) is 56.0. The highest BCUT2D eigenvalue weighted by Gasteiger charge is 2.47. The largest absolute Gasteiger partial charge is 0.480 e. The summed E-state index contributed by atoms with van der Waals surface area (Å²) in [5.41, 5.74) is 1.73. The molecule has 2 aromatic heterocycles. The number of esters is 1. The number of imide groups is 1. The Hall–Kier alpha value is -8.75. The van der Waals surface area contributed by atoms with Gasteiger partial charge in [0.2, 0.25) is 35.4 Å². The van der Waals surface area contributed by atoms with Crippen LogP contribution in [-0.2, 0) is 89.0 Å². The van der Waals surface area contributed by atoms with E-state index in [1.54, 1.807) is 50.2 Å². The van der Waals surface area contributed by atoms with E-state index >= 15 is 4.39 Å². The van der Waals surface area contributed by atoms with Gasteiger partial charge in [-0.25, -0.2) is 14.2 Å². The van der Waals surface area contributed by atoms with Crippen LogP contribution in [0.4, 0.5) is 4.39 Å². The van der Waals surface area contributed by atoms with E-state index in [1.165, 1.54) is 10.6 Å². The second-order valence-electron chi connectivity index (χ2n) is 20.0. The Balaban J connectivity index is 0.804. The van der Waals surface area contributed by atoms with Crippen molar-refractivity contribution < 1.29 is 72.0 Å². The summed E-state index contributed by atoms with van der Waals surface area (Å²) in [6.07, 6.45) is 2.83. The maximum Gasteiger partial charge on any atom is 0.343 e. The topological polar surface area (TPSA) is 352 Å². The maximum atomic E-state index is 15.5. The number of carboxylic acids is 1. The maximum absolute atomic E-state index is 15.5. The number of ether oxygens (including phenoxy) is 2. The fourth-order valence-corrected chi connectivity index (χ4v) is 10.5. The van der Waals surface area contributed by atoms with Gasteiger partial charge in [-0.3, -0.25) is 52.8 Å². The van der Waals surface area contributed by atoms with Crippen LogP contribution in [0.3, 0.4) is 0 Å². The lowest BCUT2D eigenvalue weighted by Gasteiger charge is -2.31. The molecule has 0 saturated heterocycles. The highest BCUT2D eigenvalue weighted by Crippen LogP contribution is 2.46. The van der Waals surface area contributed by atoms with Gasteiger partial charge in [0.25, 0.3) is 17.4 Å². The normalized spacial score (nSPS) is 18.7. The molecule has 25 nitrogen and oxygen atoms in total. The molecule has 26 heteroatoms. The van der Waals surface area contributed by atoms with E-state index in [0.717, 1.165) is 17.7 Å². The molecule has 1 saturated carbocycles. The third-order valence-electron chi connectivity index (χ3n) is 14.8. The third-order valence-corrected chi connectivity index (χ3v) is 14.8. The molecule has 5 heterocycles. The number of benzene rings is 2. The average Bonchev–Trinajstić information content (AvgIpc) is 4.33.